The number of hydrogen-bond acceptors (Lipinski definition) is 1. The van der Waals surface area contributed by atoms with Crippen molar-refractivity contribution in [3.05, 3.63) is 53.9 Å². The van der Waals surface area contributed by atoms with Crippen molar-refractivity contribution in [3.8, 4) is 11.1 Å². The van der Waals surface area contributed by atoms with Crippen LogP contribution in [0.1, 0.15) is 5.56 Å². The fourth-order valence-corrected chi connectivity index (χ4v) is 3.34. The van der Waals surface area contributed by atoms with Crippen molar-refractivity contribution in [2.75, 3.05) is 0 Å². The minimum atomic E-state index is -1.09. The summed E-state index contributed by atoms with van der Waals surface area (Å²) in [6, 6.07) is 4.50. The predicted octanol–water partition coefficient (Wildman–Crippen LogP) is 6.90. The van der Waals surface area contributed by atoms with Gasteiger partial charge < -0.3 is 5.11 Å². The third-order valence-electron chi connectivity index (χ3n) is 2.88. The van der Waals surface area contributed by atoms with Gasteiger partial charge in [0.15, 0.2) is 0 Å². The standard InChI is InChI=1S/C14H6Cl6O2/c15-8-4-10(17)9(16)1-5(8)6-2-11(18)14(20)7(13(6)19)3-12(21)22/h1-2,4H,3H2,(H,21,22). The van der Waals surface area contributed by atoms with E-state index in [1.54, 1.807) is 0 Å². The lowest BCUT2D eigenvalue weighted by Crippen LogP contribution is -2.03. The molecule has 0 atom stereocenters. The van der Waals surface area contributed by atoms with E-state index < -0.39 is 5.97 Å². The number of rotatable bonds is 3. The molecule has 0 spiro atoms. The molecule has 22 heavy (non-hydrogen) atoms. The van der Waals surface area contributed by atoms with Crippen LogP contribution in [0, 0.1) is 0 Å². The minimum Gasteiger partial charge on any atom is -0.481 e. The van der Waals surface area contributed by atoms with Crippen LogP contribution in [0.2, 0.25) is 30.1 Å². The molecule has 0 saturated heterocycles. The Balaban J connectivity index is 2.74. The highest BCUT2D eigenvalue weighted by molar-refractivity contribution is 6.46. The zero-order chi connectivity index (χ0) is 16.6. The lowest BCUT2D eigenvalue weighted by Gasteiger charge is -2.14. The molecule has 2 aromatic rings. The van der Waals surface area contributed by atoms with Crippen molar-refractivity contribution in [2.24, 2.45) is 0 Å². The summed E-state index contributed by atoms with van der Waals surface area (Å²) in [6.07, 6.45) is -0.371. The Morgan fingerprint density at radius 1 is 0.773 bits per heavy atom. The van der Waals surface area contributed by atoms with Crippen LogP contribution >= 0.6 is 69.6 Å². The average molecular weight is 419 g/mol. The molecule has 0 radical (unpaired) electrons. The molecule has 2 aromatic carbocycles. The second kappa shape index (κ2) is 7.04. The van der Waals surface area contributed by atoms with Gasteiger partial charge in [0.1, 0.15) is 0 Å². The van der Waals surface area contributed by atoms with Crippen LogP contribution in [0.4, 0.5) is 0 Å². The summed E-state index contributed by atoms with van der Waals surface area (Å²) in [7, 11) is 0. The van der Waals surface area contributed by atoms with Crippen LogP contribution in [0.15, 0.2) is 18.2 Å². The molecule has 0 aliphatic carbocycles. The summed E-state index contributed by atoms with van der Waals surface area (Å²) in [5.41, 5.74) is 1.11. The van der Waals surface area contributed by atoms with Crippen molar-refractivity contribution < 1.29 is 9.90 Å². The fraction of sp³-hybridized carbons (Fsp3) is 0.0714. The zero-order valence-corrected chi connectivity index (χ0v) is 15.1. The van der Waals surface area contributed by atoms with Crippen LogP contribution in [-0.2, 0) is 11.2 Å². The van der Waals surface area contributed by atoms with Crippen LogP contribution in [0.25, 0.3) is 11.1 Å². The molecule has 0 aromatic heterocycles. The molecule has 0 fully saturated rings. The van der Waals surface area contributed by atoms with Gasteiger partial charge >= 0.3 is 5.97 Å². The van der Waals surface area contributed by atoms with Crippen molar-refractivity contribution in [1.29, 1.82) is 0 Å². The van der Waals surface area contributed by atoms with E-state index in [0.29, 0.717) is 16.1 Å². The Bertz CT molecular complexity index is 773. The Hall–Kier alpha value is -0.350. The molecular weight excluding hydrogens is 413 g/mol. The normalized spacial score (nSPS) is 10.8. The minimum absolute atomic E-state index is 0.0917. The van der Waals surface area contributed by atoms with E-state index in [1.807, 2.05) is 0 Å². The fourth-order valence-electron chi connectivity index (χ4n) is 1.89. The summed E-state index contributed by atoms with van der Waals surface area (Å²) in [5.74, 6) is -1.09. The number of carboxylic acid groups (broad SMARTS) is 1. The van der Waals surface area contributed by atoms with Gasteiger partial charge in [0.25, 0.3) is 0 Å². The molecular formula is C14H6Cl6O2. The predicted molar refractivity (Wildman–Crippen MR) is 93.3 cm³/mol. The smallest absolute Gasteiger partial charge is 0.307 e. The first-order valence-electron chi connectivity index (χ1n) is 5.75. The number of aliphatic carboxylic acids is 1. The maximum atomic E-state index is 11.0. The lowest BCUT2D eigenvalue weighted by atomic mass is 10.0. The molecule has 0 bridgehead atoms. The highest BCUT2D eigenvalue weighted by Gasteiger charge is 2.20. The number of hydrogen-bond donors (Lipinski definition) is 1. The van der Waals surface area contributed by atoms with Crippen LogP contribution in [0.5, 0.6) is 0 Å². The third kappa shape index (κ3) is 3.59. The van der Waals surface area contributed by atoms with Gasteiger partial charge in [0.05, 0.1) is 36.6 Å². The zero-order valence-electron chi connectivity index (χ0n) is 10.6. The molecule has 2 nitrogen and oxygen atoms in total. The summed E-state index contributed by atoms with van der Waals surface area (Å²) in [5, 5.41) is 10.3. The first kappa shape index (κ1) is 18.0. The first-order chi connectivity index (χ1) is 10.2. The van der Waals surface area contributed by atoms with E-state index in [0.717, 1.165) is 0 Å². The van der Waals surface area contributed by atoms with Gasteiger partial charge in [-0.15, -0.1) is 0 Å². The largest absolute Gasteiger partial charge is 0.481 e. The monoisotopic (exact) mass is 416 g/mol. The summed E-state index contributed by atoms with van der Waals surface area (Å²) in [6.45, 7) is 0. The van der Waals surface area contributed by atoms with Gasteiger partial charge in [-0.05, 0) is 18.2 Å². The number of benzene rings is 2. The van der Waals surface area contributed by atoms with Crippen molar-refractivity contribution in [3.63, 3.8) is 0 Å². The van der Waals surface area contributed by atoms with Gasteiger partial charge in [-0.3, -0.25) is 4.79 Å². The molecule has 2 rings (SSSR count). The average Bonchev–Trinajstić information content (AvgIpc) is 2.43. The lowest BCUT2D eigenvalue weighted by molar-refractivity contribution is -0.136. The van der Waals surface area contributed by atoms with Gasteiger partial charge in [-0.25, -0.2) is 0 Å². The van der Waals surface area contributed by atoms with Crippen molar-refractivity contribution in [2.45, 2.75) is 6.42 Å². The molecule has 8 heteroatoms. The van der Waals surface area contributed by atoms with Crippen molar-refractivity contribution >= 4 is 75.6 Å². The highest BCUT2D eigenvalue weighted by Crippen LogP contribution is 2.43. The molecule has 116 valence electrons. The van der Waals surface area contributed by atoms with E-state index in [4.69, 9.17) is 74.7 Å². The number of halogens is 6. The molecule has 1 N–H and O–H groups in total. The summed E-state index contributed by atoms with van der Waals surface area (Å²) >= 11 is 36.4. The molecule has 0 heterocycles. The summed E-state index contributed by atoms with van der Waals surface area (Å²) in [4.78, 5) is 11.0. The van der Waals surface area contributed by atoms with Gasteiger partial charge in [-0.1, -0.05) is 69.6 Å². The van der Waals surface area contributed by atoms with Crippen LogP contribution < -0.4 is 0 Å². The third-order valence-corrected chi connectivity index (χ3v) is 5.17. The second-order valence-corrected chi connectivity index (χ2v) is 6.71. The van der Waals surface area contributed by atoms with E-state index in [1.165, 1.54) is 18.2 Å². The molecule has 0 unspecified atom stereocenters. The van der Waals surface area contributed by atoms with Crippen LogP contribution in [0.3, 0.4) is 0 Å². The van der Waals surface area contributed by atoms with E-state index in [9.17, 15) is 4.79 Å². The number of carbonyl (C=O) groups is 1. The Labute approximate surface area is 156 Å². The highest BCUT2D eigenvalue weighted by atomic mass is 35.5. The maximum absolute atomic E-state index is 11.0. The Kier molecular flexibility index (Phi) is 5.76. The van der Waals surface area contributed by atoms with Crippen LogP contribution in [-0.4, -0.2) is 11.1 Å². The quantitative estimate of drug-likeness (QED) is 0.550. The Morgan fingerprint density at radius 3 is 1.91 bits per heavy atom. The van der Waals surface area contributed by atoms with E-state index in [2.05, 4.69) is 0 Å². The van der Waals surface area contributed by atoms with Crippen molar-refractivity contribution in [1.82, 2.24) is 0 Å². The Morgan fingerprint density at radius 2 is 1.32 bits per heavy atom. The summed E-state index contributed by atoms with van der Waals surface area (Å²) < 4.78 is 0. The first-order valence-corrected chi connectivity index (χ1v) is 8.02. The van der Waals surface area contributed by atoms with Gasteiger partial charge in [0.2, 0.25) is 0 Å². The second-order valence-electron chi connectivity index (χ2n) is 4.33. The number of carboxylic acids is 1. The van der Waals surface area contributed by atoms with Gasteiger partial charge in [-0.2, -0.15) is 0 Å². The topological polar surface area (TPSA) is 37.3 Å². The molecule has 0 aliphatic heterocycles. The molecule has 0 saturated carbocycles. The van der Waals surface area contributed by atoms with E-state index >= 15 is 0 Å². The SMILES string of the molecule is O=C(O)Cc1c(Cl)c(Cl)cc(-c2cc(Cl)c(Cl)cc2Cl)c1Cl. The van der Waals surface area contributed by atoms with Gasteiger partial charge in [0, 0.05) is 16.7 Å². The van der Waals surface area contributed by atoms with E-state index in [-0.39, 0.29) is 37.1 Å². The molecule has 0 aliphatic rings. The maximum Gasteiger partial charge on any atom is 0.307 e. The molecule has 0 amide bonds.